The van der Waals surface area contributed by atoms with Crippen LogP contribution in [0, 0.1) is 0 Å². The van der Waals surface area contributed by atoms with Crippen molar-refractivity contribution in [2.24, 2.45) is 0 Å². The van der Waals surface area contributed by atoms with Crippen LogP contribution in [0.5, 0.6) is 0 Å². The highest BCUT2D eigenvalue weighted by molar-refractivity contribution is 6.06. The molecule has 0 aromatic carbocycles. The zero-order valence-electron chi connectivity index (χ0n) is 6.80. The van der Waals surface area contributed by atoms with E-state index in [0.29, 0.717) is 0 Å². The Kier molecular flexibility index (Phi) is 1.59. The molecule has 0 aromatic rings. The smallest absolute Gasteiger partial charge is 0.202 e. The van der Waals surface area contributed by atoms with Crippen molar-refractivity contribution in [1.82, 2.24) is 0 Å². The molecule has 0 unspecified atom stereocenters. The lowest BCUT2D eigenvalue weighted by Crippen LogP contribution is -2.28. The summed E-state index contributed by atoms with van der Waals surface area (Å²) in [6.07, 6.45) is 1.25. The molecular formula is C8H10O3. The van der Waals surface area contributed by atoms with Gasteiger partial charge in [-0.3, -0.25) is 9.59 Å². The SMILES string of the molecule is CC(=O)C1=CC(=O)C(C)(C)O1. The van der Waals surface area contributed by atoms with E-state index in [2.05, 4.69) is 0 Å². The third-order valence-corrected chi connectivity index (χ3v) is 1.57. The number of ketones is 2. The van der Waals surface area contributed by atoms with Gasteiger partial charge in [0.25, 0.3) is 0 Å². The largest absolute Gasteiger partial charge is 0.476 e. The second kappa shape index (κ2) is 2.19. The molecule has 0 N–H and O–H groups in total. The Morgan fingerprint density at radius 2 is 2.09 bits per heavy atom. The molecule has 0 amide bonds. The molecule has 0 spiro atoms. The summed E-state index contributed by atoms with van der Waals surface area (Å²) in [5.74, 6) is -0.188. The summed E-state index contributed by atoms with van der Waals surface area (Å²) >= 11 is 0. The maximum absolute atomic E-state index is 11.1. The lowest BCUT2D eigenvalue weighted by Gasteiger charge is -2.16. The van der Waals surface area contributed by atoms with Gasteiger partial charge < -0.3 is 4.74 Å². The van der Waals surface area contributed by atoms with Crippen molar-refractivity contribution in [3.8, 4) is 0 Å². The number of ether oxygens (including phenoxy) is 1. The van der Waals surface area contributed by atoms with Gasteiger partial charge in [0.15, 0.2) is 17.1 Å². The molecule has 1 heterocycles. The first-order valence-electron chi connectivity index (χ1n) is 3.39. The van der Waals surface area contributed by atoms with E-state index in [1.807, 2.05) is 0 Å². The molecule has 0 aromatic heterocycles. The van der Waals surface area contributed by atoms with Crippen LogP contribution in [0.25, 0.3) is 0 Å². The van der Waals surface area contributed by atoms with Crippen LogP contribution >= 0.6 is 0 Å². The lowest BCUT2D eigenvalue weighted by atomic mass is 10.1. The van der Waals surface area contributed by atoms with Gasteiger partial charge in [0.05, 0.1) is 0 Å². The van der Waals surface area contributed by atoms with Crippen molar-refractivity contribution in [2.45, 2.75) is 26.4 Å². The van der Waals surface area contributed by atoms with Gasteiger partial charge in [0.2, 0.25) is 5.78 Å². The van der Waals surface area contributed by atoms with Crippen LogP contribution in [0.1, 0.15) is 20.8 Å². The van der Waals surface area contributed by atoms with E-state index >= 15 is 0 Å². The fourth-order valence-electron chi connectivity index (χ4n) is 0.821. The summed E-state index contributed by atoms with van der Waals surface area (Å²) in [5, 5.41) is 0. The van der Waals surface area contributed by atoms with Gasteiger partial charge in [-0.15, -0.1) is 0 Å². The molecule has 0 bridgehead atoms. The van der Waals surface area contributed by atoms with Gasteiger partial charge >= 0.3 is 0 Å². The Labute approximate surface area is 65.0 Å². The summed E-state index contributed by atoms with van der Waals surface area (Å²) in [7, 11) is 0. The fraction of sp³-hybridized carbons (Fsp3) is 0.500. The molecule has 1 aliphatic rings. The molecule has 3 nitrogen and oxygen atoms in total. The Balaban J connectivity index is 2.88. The summed E-state index contributed by atoms with van der Waals surface area (Å²) in [6.45, 7) is 4.66. The first-order valence-corrected chi connectivity index (χ1v) is 3.39. The van der Waals surface area contributed by atoms with Gasteiger partial charge in [-0.2, -0.15) is 0 Å². The number of rotatable bonds is 1. The maximum atomic E-state index is 11.1. The monoisotopic (exact) mass is 154 g/mol. The summed E-state index contributed by atoms with van der Waals surface area (Å²) in [4.78, 5) is 21.8. The fourth-order valence-corrected chi connectivity index (χ4v) is 0.821. The van der Waals surface area contributed by atoms with Gasteiger partial charge in [-0.05, 0) is 13.8 Å². The van der Waals surface area contributed by atoms with E-state index in [9.17, 15) is 9.59 Å². The number of carbonyl (C=O) groups excluding carboxylic acids is 2. The molecule has 0 atom stereocenters. The highest BCUT2D eigenvalue weighted by Gasteiger charge is 2.36. The van der Waals surface area contributed by atoms with Gasteiger partial charge in [0, 0.05) is 13.0 Å². The van der Waals surface area contributed by atoms with Crippen molar-refractivity contribution in [1.29, 1.82) is 0 Å². The van der Waals surface area contributed by atoms with E-state index in [4.69, 9.17) is 4.74 Å². The molecule has 60 valence electrons. The molecule has 0 aliphatic carbocycles. The zero-order chi connectivity index (χ0) is 8.65. The normalized spacial score (nSPS) is 21.0. The third-order valence-electron chi connectivity index (χ3n) is 1.57. The number of hydrogen-bond donors (Lipinski definition) is 0. The molecule has 1 rings (SSSR count). The van der Waals surface area contributed by atoms with Gasteiger partial charge in [-0.25, -0.2) is 0 Å². The van der Waals surface area contributed by atoms with Crippen LogP contribution in [0.15, 0.2) is 11.8 Å². The standard InChI is InChI=1S/C8H10O3/c1-5(9)6-4-7(10)8(2,3)11-6/h4H,1-3H3. The molecule has 11 heavy (non-hydrogen) atoms. The Bertz CT molecular complexity index is 248. The third kappa shape index (κ3) is 1.31. The second-order valence-corrected chi connectivity index (χ2v) is 3.04. The van der Waals surface area contributed by atoms with Crippen LogP contribution in [0.2, 0.25) is 0 Å². The molecular weight excluding hydrogens is 144 g/mol. The van der Waals surface area contributed by atoms with Crippen LogP contribution in [0.4, 0.5) is 0 Å². The van der Waals surface area contributed by atoms with Crippen molar-refractivity contribution in [2.75, 3.05) is 0 Å². The quantitative estimate of drug-likeness (QED) is 0.562. The molecule has 0 saturated carbocycles. The van der Waals surface area contributed by atoms with Crippen molar-refractivity contribution in [3.05, 3.63) is 11.8 Å². The number of hydrogen-bond acceptors (Lipinski definition) is 3. The van der Waals surface area contributed by atoms with Crippen LogP contribution in [-0.2, 0) is 14.3 Å². The topological polar surface area (TPSA) is 43.4 Å². The number of carbonyl (C=O) groups is 2. The van der Waals surface area contributed by atoms with Crippen LogP contribution in [0.3, 0.4) is 0 Å². The highest BCUT2D eigenvalue weighted by Crippen LogP contribution is 2.24. The van der Waals surface area contributed by atoms with Crippen molar-refractivity contribution in [3.63, 3.8) is 0 Å². The molecule has 0 saturated heterocycles. The Morgan fingerprint density at radius 3 is 2.27 bits per heavy atom. The summed E-state index contributed by atoms with van der Waals surface area (Å²) in [6, 6.07) is 0. The predicted octanol–water partition coefficient (Wildman–Crippen LogP) is 0.837. The molecule has 1 aliphatic heterocycles. The van der Waals surface area contributed by atoms with Crippen LogP contribution < -0.4 is 0 Å². The highest BCUT2D eigenvalue weighted by atomic mass is 16.5. The van der Waals surface area contributed by atoms with E-state index in [1.54, 1.807) is 13.8 Å². The van der Waals surface area contributed by atoms with Gasteiger partial charge in [-0.1, -0.05) is 0 Å². The summed E-state index contributed by atoms with van der Waals surface area (Å²) < 4.78 is 5.08. The molecule has 0 fully saturated rings. The van der Waals surface area contributed by atoms with E-state index in [-0.39, 0.29) is 17.3 Å². The van der Waals surface area contributed by atoms with Crippen molar-refractivity contribution >= 4 is 11.6 Å². The van der Waals surface area contributed by atoms with Crippen LogP contribution in [-0.4, -0.2) is 17.2 Å². The Hall–Kier alpha value is -1.12. The summed E-state index contributed by atoms with van der Waals surface area (Å²) in [5.41, 5.74) is -0.846. The van der Waals surface area contributed by atoms with E-state index in [1.165, 1.54) is 13.0 Å². The second-order valence-electron chi connectivity index (χ2n) is 3.04. The zero-order valence-corrected chi connectivity index (χ0v) is 6.80. The lowest BCUT2D eigenvalue weighted by molar-refractivity contribution is -0.128. The molecule has 0 radical (unpaired) electrons. The van der Waals surface area contributed by atoms with Crippen molar-refractivity contribution < 1.29 is 14.3 Å². The first kappa shape index (κ1) is 7.98. The van der Waals surface area contributed by atoms with E-state index in [0.717, 1.165) is 0 Å². The van der Waals surface area contributed by atoms with E-state index < -0.39 is 5.60 Å². The predicted molar refractivity (Wildman–Crippen MR) is 38.9 cm³/mol. The minimum Gasteiger partial charge on any atom is -0.476 e. The van der Waals surface area contributed by atoms with Gasteiger partial charge in [0.1, 0.15) is 0 Å². The average Bonchev–Trinajstić information content (AvgIpc) is 2.08. The number of Topliss-reactive ketones (excluding diaryl/α,β-unsaturated/α-hetero) is 1. The number of allylic oxidation sites excluding steroid dienone is 1. The minimum atomic E-state index is -0.846. The molecule has 3 heteroatoms. The minimum absolute atomic E-state index is 0.150. The average molecular weight is 154 g/mol. The first-order chi connectivity index (χ1) is 4.93. The maximum Gasteiger partial charge on any atom is 0.202 e. The Morgan fingerprint density at radius 1 is 1.55 bits per heavy atom.